The summed E-state index contributed by atoms with van der Waals surface area (Å²) < 4.78 is 10.7. The predicted molar refractivity (Wildman–Crippen MR) is 109 cm³/mol. The fourth-order valence-electron chi connectivity index (χ4n) is 2.52. The first-order valence-corrected chi connectivity index (χ1v) is 8.33. The molecule has 1 aliphatic heterocycles. The first-order valence-electron chi connectivity index (χ1n) is 8.33. The van der Waals surface area contributed by atoms with Crippen molar-refractivity contribution in [3.8, 4) is 0 Å². The normalized spacial score (nSPS) is 15.0. The second-order valence-corrected chi connectivity index (χ2v) is 5.41. The summed E-state index contributed by atoms with van der Waals surface area (Å²) in [4.78, 5) is 6.80. The average Bonchev–Trinajstić information content (AvgIpc) is 2.61. The number of rotatable bonds is 8. The van der Waals surface area contributed by atoms with Crippen LogP contribution in [-0.2, 0) is 16.0 Å². The van der Waals surface area contributed by atoms with Crippen molar-refractivity contribution < 1.29 is 9.47 Å². The van der Waals surface area contributed by atoms with Gasteiger partial charge in [0.25, 0.3) is 0 Å². The molecule has 1 saturated heterocycles. The molecule has 0 bridgehead atoms. The van der Waals surface area contributed by atoms with Crippen LogP contribution in [0.25, 0.3) is 0 Å². The van der Waals surface area contributed by atoms with Crippen molar-refractivity contribution in [1.82, 2.24) is 5.32 Å². The third-order valence-corrected chi connectivity index (χ3v) is 3.74. The lowest BCUT2D eigenvalue weighted by atomic mass is 10.1. The summed E-state index contributed by atoms with van der Waals surface area (Å²) in [7, 11) is 0. The number of hydrogen-bond donors (Lipinski definition) is 2. The van der Waals surface area contributed by atoms with E-state index in [9.17, 15) is 0 Å². The zero-order chi connectivity index (χ0) is 16.3. The highest BCUT2D eigenvalue weighted by atomic mass is 127. The van der Waals surface area contributed by atoms with Gasteiger partial charge in [-0.3, -0.25) is 0 Å². The van der Waals surface area contributed by atoms with Crippen LogP contribution in [-0.4, -0.2) is 52.0 Å². The molecule has 0 aliphatic carbocycles. The minimum atomic E-state index is 0. The molecule has 0 spiro atoms. The minimum absolute atomic E-state index is 0. The van der Waals surface area contributed by atoms with Crippen molar-refractivity contribution in [2.45, 2.75) is 19.9 Å². The van der Waals surface area contributed by atoms with Gasteiger partial charge in [0.05, 0.1) is 19.8 Å². The van der Waals surface area contributed by atoms with E-state index in [1.54, 1.807) is 0 Å². The second-order valence-electron chi connectivity index (χ2n) is 5.41. The first-order chi connectivity index (χ1) is 11.3. The van der Waals surface area contributed by atoms with E-state index in [-0.39, 0.29) is 24.0 Å². The van der Waals surface area contributed by atoms with E-state index in [2.05, 4.69) is 33.4 Å². The van der Waals surface area contributed by atoms with Crippen molar-refractivity contribution in [3.05, 3.63) is 29.8 Å². The summed E-state index contributed by atoms with van der Waals surface area (Å²) >= 11 is 0. The summed E-state index contributed by atoms with van der Waals surface area (Å²) in [6, 6.07) is 8.35. The van der Waals surface area contributed by atoms with Crippen LogP contribution in [0.1, 0.15) is 18.9 Å². The number of nitrogens with zero attached hydrogens (tertiary/aromatic N) is 2. The molecule has 6 nitrogen and oxygen atoms in total. The van der Waals surface area contributed by atoms with Gasteiger partial charge in [0.2, 0.25) is 0 Å². The average molecular weight is 448 g/mol. The monoisotopic (exact) mass is 448 g/mol. The Bertz CT molecular complexity index is 493. The quantitative estimate of drug-likeness (QED) is 0.276. The lowest BCUT2D eigenvalue weighted by molar-refractivity contribution is 0.122. The van der Waals surface area contributed by atoms with Gasteiger partial charge in [-0.2, -0.15) is 0 Å². The first kappa shape index (κ1) is 21.0. The number of nitrogens with one attached hydrogen (secondary N) is 1. The number of halogens is 1. The van der Waals surface area contributed by atoms with E-state index in [1.165, 1.54) is 11.3 Å². The zero-order valence-corrected chi connectivity index (χ0v) is 16.7. The number of nitrogens with two attached hydrogens (primary N) is 1. The second kappa shape index (κ2) is 12.3. The molecule has 1 heterocycles. The van der Waals surface area contributed by atoms with Gasteiger partial charge < -0.3 is 25.4 Å². The standard InChI is InChI=1S/C17H28N4O2.HI/c1-2-22-11-5-8-19-17(18)20-14-15-6-3-4-7-16(15)21-9-12-23-13-10-21;/h3-4,6-7H,2,5,8-14H2,1H3,(H3,18,19,20);1H. The molecule has 0 radical (unpaired) electrons. The number of guanidine groups is 1. The molecule has 0 amide bonds. The van der Waals surface area contributed by atoms with Crippen LogP contribution in [0.3, 0.4) is 0 Å². The largest absolute Gasteiger partial charge is 0.382 e. The van der Waals surface area contributed by atoms with Crippen molar-refractivity contribution in [1.29, 1.82) is 0 Å². The van der Waals surface area contributed by atoms with E-state index in [0.717, 1.165) is 52.5 Å². The number of ether oxygens (including phenoxy) is 2. The van der Waals surface area contributed by atoms with Crippen LogP contribution in [0.5, 0.6) is 0 Å². The number of anilines is 1. The third-order valence-electron chi connectivity index (χ3n) is 3.74. The lowest BCUT2D eigenvalue weighted by Gasteiger charge is -2.30. The molecule has 1 aromatic rings. The minimum Gasteiger partial charge on any atom is -0.382 e. The molecule has 1 fully saturated rings. The van der Waals surface area contributed by atoms with Crippen molar-refractivity contribution >= 4 is 35.6 Å². The summed E-state index contributed by atoms with van der Waals surface area (Å²) in [6.45, 7) is 8.26. The molecular formula is C17H29IN4O2. The van der Waals surface area contributed by atoms with Crippen LogP contribution < -0.4 is 16.0 Å². The van der Waals surface area contributed by atoms with E-state index in [4.69, 9.17) is 15.2 Å². The zero-order valence-electron chi connectivity index (χ0n) is 14.4. The molecule has 7 heteroatoms. The van der Waals surface area contributed by atoms with Gasteiger partial charge in [0.15, 0.2) is 5.96 Å². The number of benzene rings is 1. The van der Waals surface area contributed by atoms with E-state index in [1.807, 2.05) is 13.0 Å². The van der Waals surface area contributed by atoms with Gasteiger partial charge >= 0.3 is 0 Å². The van der Waals surface area contributed by atoms with Crippen molar-refractivity contribution in [2.24, 2.45) is 10.7 Å². The third kappa shape index (κ3) is 7.23. The Kier molecular flexibility index (Phi) is 10.8. The molecule has 24 heavy (non-hydrogen) atoms. The summed E-state index contributed by atoms with van der Waals surface area (Å²) in [5.41, 5.74) is 8.34. The Balaban J connectivity index is 0.00000288. The SMILES string of the molecule is CCOCCCNC(N)=NCc1ccccc1N1CCOCC1.I. The molecule has 1 aromatic carbocycles. The van der Waals surface area contributed by atoms with E-state index in [0.29, 0.717) is 12.5 Å². The van der Waals surface area contributed by atoms with Gasteiger partial charge in [-0.1, -0.05) is 18.2 Å². The maximum Gasteiger partial charge on any atom is 0.188 e. The van der Waals surface area contributed by atoms with Crippen LogP contribution in [0.4, 0.5) is 5.69 Å². The molecule has 136 valence electrons. The van der Waals surface area contributed by atoms with Crippen LogP contribution in [0.2, 0.25) is 0 Å². The highest BCUT2D eigenvalue weighted by Gasteiger charge is 2.13. The topological polar surface area (TPSA) is 72.1 Å². The van der Waals surface area contributed by atoms with Gasteiger partial charge in [-0.15, -0.1) is 24.0 Å². The molecule has 0 atom stereocenters. The number of morpholine rings is 1. The molecular weight excluding hydrogens is 419 g/mol. The Labute approximate surface area is 161 Å². The van der Waals surface area contributed by atoms with Gasteiger partial charge in [-0.05, 0) is 25.0 Å². The molecule has 3 N–H and O–H groups in total. The predicted octanol–water partition coefficient (Wildman–Crippen LogP) is 1.97. The molecule has 0 aromatic heterocycles. The Morgan fingerprint density at radius 1 is 1.33 bits per heavy atom. The number of hydrogen-bond acceptors (Lipinski definition) is 4. The Morgan fingerprint density at radius 2 is 2.08 bits per heavy atom. The van der Waals surface area contributed by atoms with Gasteiger partial charge in [-0.25, -0.2) is 4.99 Å². The van der Waals surface area contributed by atoms with Crippen molar-refractivity contribution in [3.63, 3.8) is 0 Å². The Morgan fingerprint density at radius 3 is 2.83 bits per heavy atom. The molecule has 0 unspecified atom stereocenters. The summed E-state index contributed by atoms with van der Waals surface area (Å²) in [5.74, 6) is 0.485. The fourth-order valence-corrected chi connectivity index (χ4v) is 2.52. The smallest absolute Gasteiger partial charge is 0.188 e. The van der Waals surface area contributed by atoms with E-state index >= 15 is 0 Å². The highest BCUT2D eigenvalue weighted by Crippen LogP contribution is 2.22. The highest BCUT2D eigenvalue weighted by molar-refractivity contribution is 14.0. The summed E-state index contributed by atoms with van der Waals surface area (Å²) in [6.07, 6.45) is 0.925. The maximum atomic E-state index is 5.93. The van der Waals surface area contributed by atoms with Gasteiger partial charge in [0, 0.05) is 38.5 Å². The number of aliphatic imine (C=N–C) groups is 1. The van der Waals surface area contributed by atoms with Crippen molar-refractivity contribution in [2.75, 3.05) is 51.0 Å². The molecule has 2 rings (SSSR count). The van der Waals surface area contributed by atoms with E-state index < -0.39 is 0 Å². The van der Waals surface area contributed by atoms with Crippen LogP contribution >= 0.6 is 24.0 Å². The number of para-hydroxylation sites is 1. The fraction of sp³-hybridized carbons (Fsp3) is 0.588. The molecule has 1 aliphatic rings. The molecule has 0 saturated carbocycles. The van der Waals surface area contributed by atoms with Crippen LogP contribution in [0.15, 0.2) is 29.3 Å². The lowest BCUT2D eigenvalue weighted by Crippen LogP contribution is -2.36. The maximum absolute atomic E-state index is 5.93. The van der Waals surface area contributed by atoms with Crippen LogP contribution in [0, 0.1) is 0 Å². The summed E-state index contributed by atoms with van der Waals surface area (Å²) in [5, 5.41) is 3.12. The Hall–Kier alpha value is -1.06. The van der Waals surface area contributed by atoms with Gasteiger partial charge in [0.1, 0.15) is 0 Å².